The normalized spacial score (nSPS) is 35.3. The van der Waals surface area contributed by atoms with E-state index in [-0.39, 0.29) is 11.3 Å². The highest BCUT2D eigenvalue weighted by Gasteiger charge is 2.35. The molecule has 0 saturated heterocycles. The maximum atomic E-state index is 11.4. The van der Waals surface area contributed by atoms with Crippen LogP contribution in [0.15, 0.2) is 0 Å². The van der Waals surface area contributed by atoms with Crippen LogP contribution in [0.2, 0.25) is 0 Å². The monoisotopic (exact) mass is 379 g/mol. The molecule has 0 heterocycles. The van der Waals surface area contributed by atoms with E-state index in [1.165, 1.54) is 12.8 Å². The molecule has 2 fully saturated rings. The number of rotatable bonds is 7. The van der Waals surface area contributed by atoms with E-state index in [1.54, 1.807) is 0 Å². The van der Waals surface area contributed by atoms with Crippen LogP contribution in [-0.2, 0) is 9.15 Å². The van der Waals surface area contributed by atoms with Gasteiger partial charge in [0.05, 0.1) is 0 Å². The Morgan fingerprint density at radius 3 is 2.33 bits per heavy atom. The molecular formula is C16H33N3O3S2. The molecular weight excluding hydrogens is 346 g/mol. The van der Waals surface area contributed by atoms with E-state index in [0.29, 0.717) is 18.0 Å². The highest BCUT2D eigenvalue weighted by molar-refractivity contribution is 8.70. The molecule has 2 aliphatic rings. The van der Waals surface area contributed by atoms with Crippen LogP contribution in [0, 0.1) is 5.92 Å². The number of hydrogen-bond donors (Lipinski definition) is 3. The highest BCUT2D eigenvalue weighted by Crippen LogP contribution is 2.35. The largest absolute Gasteiger partial charge is 0.320 e. The van der Waals surface area contributed by atoms with Gasteiger partial charge in [0, 0.05) is 34.2 Å². The molecule has 6 nitrogen and oxygen atoms in total. The van der Waals surface area contributed by atoms with E-state index in [4.69, 9.17) is 0 Å². The van der Waals surface area contributed by atoms with Gasteiger partial charge in [-0.25, -0.2) is 0 Å². The summed E-state index contributed by atoms with van der Waals surface area (Å²) in [6, 6.07) is 1.31. The summed E-state index contributed by atoms with van der Waals surface area (Å²) < 4.78 is 32.1. The average molecular weight is 380 g/mol. The molecule has 0 aliphatic heterocycles. The molecule has 0 bridgehead atoms. The van der Waals surface area contributed by atoms with Crippen LogP contribution in [0.1, 0.15) is 44.9 Å². The van der Waals surface area contributed by atoms with Gasteiger partial charge in [0.15, 0.2) is 0 Å². The Morgan fingerprint density at radius 2 is 1.79 bits per heavy atom. The third-order valence-corrected chi connectivity index (χ3v) is 8.00. The summed E-state index contributed by atoms with van der Waals surface area (Å²) >= 11 is 0. The Kier molecular flexibility index (Phi) is 7.83. The second-order valence-electron chi connectivity index (χ2n) is 7.54. The van der Waals surface area contributed by atoms with Gasteiger partial charge < -0.3 is 15.5 Å². The molecule has 142 valence electrons. The molecule has 8 heteroatoms. The summed E-state index contributed by atoms with van der Waals surface area (Å²) in [5, 5.41) is 6.83. The molecule has 0 radical (unpaired) electrons. The summed E-state index contributed by atoms with van der Waals surface area (Å²) in [5.74, 6) is 0.483. The van der Waals surface area contributed by atoms with Crippen molar-refractivity contribution >= 4 is 19.9 Å². The minimum absolute atomic E-state index is 0.0707. The molecule has 24 heavy (non-hydrogen) atoms. The molecule has 3 atom stereocenters. The van der Waals surface area contributed by atoms with Gasteiger partial charge in [0.2, 0.25) is 0 Å². The van der Waals surface area contributed by atoms with E-state index < -0.39 is 9.15 Å². The third kappa shape index (κ3) is 6.46. The summed E-state index contributed by atoms with van der Waals surface area (Å²) in [5.41, 5.74) is 0. The summed E-state index contributed by atoms with van der Waals surface area (Å²) in [7, 11) is 2.94. The molecule has 3 unspecified atom stereocenters. The lowest BCUT2D eigenvalue weighted by atomic mass is 9.83. The maximum absolute atomic E-state index is 11.4. The fourth-order valence-electron chi connectivity index (χ4n) is 4.20. The zero-order valence-corrected chi connectivity index (χ0v) is 16.7. The van der Waals surface area contributed by atoms with Crippen LogP contribution in [0.25, 0.3) is 0 Å². The standard InChI is InChI=1S/C16H33N3O3S2/c1-17-11-12-4-9-15(16(10-12)23-24(20,21)22)18-13-5-7-14(8-6-13)19(2)3/h12-18H,4-11H2,1-3H3,(H,20,21,22). The van der Waals surface area contributed by atoms with Crippen LogP contribution >= 0.6 is 10.8 Å². The van der Waals surface area contributed by atoms with Gasteiger partial charge in [0.1, 0.15) is 0 Å². The molecule has 3 N–H and O–H groups in total. The van der Waals surface area contributed by atoms with E-state index in [0.717, 1.165) is 49.4 Å². The molecule has 0 amide bonds. The lowest BCUT2D eigenvalue weighted by Gasteiger charge is -2.40. The maximum Gasteiger partial charge on any atom is 0.320 e. The van der Waals surface area contributed by atoms with E-state index in [2.05, 4.69) is 29.6 Å². The summed E-state index contributed by atoms with van der Waals surface area (Å²) in [6.07, 6.45) is 7.58. The average Bonchev–Trinajstić information content (AvgIpc) is 2.49. The van der Waals surface area contributed by atoms with Crippen molar-refractivity contribution in [3.05, 3.63) is 0 Å². The third-order valence-electron chi connectivity index (χ3n) is 5.52. The SMILES string of the molecule is CNCC1CCC(NC2CCC(N(C)C)CC2)C(SS(=O)(=O)O)C1. The Bertz CT molecular complexity index is 479. The van der Waals surface area contributed by atoms with Gasteiger partial charge in [-0.1, -0.05) is 0 Å². The second-order valence-corrected chi connectivity index (χ2v) is 11.0. The lowest BCUT2D eigenvalue weighted by Crippen LogP contribution is -2.50. The molecule has 2 rings (SSSR count). The minimum Gasteiger partial charge on any atom is -0.319 e. The first kappa shape index (κ1) is 20.5. The second kappa shape index (κ2) is 9.19. The predicted octanol–water partition coefficient (Wildman–Crippen LogP) is 1.74. The lowest BCUT2D eigenvalue weighted by molar-refractivity contribution is 0.188. The number of nitrogens with zero attached hydrogens (tertiary/aromatic N) is 1. The topological polar surface area (TPSA) is 81.7 Å². The van der Waals surface area contributed by atoms with Crippen LogP contribution in [0.4, 0.5) is 0 Å². The van der Waals surface area contributed by atoms with E-state index in [1.807, 2.05) is 7.05 Å². The van der Waals surface area contributed by atoms with Crippen molar-refractivity contribution in [1.82, 2.24) is 15.5 Å². The first-order valence-corrected chi connectivity index (χ1v) is 11.8. The smallest absolute Gasteiger partial charge is 0.319 e. The van der Waals surface area contributed by atoms with Crippen molar-refractivity contribution in [2.75, 3.05) is 27.7 Å². The first-order chi connectivity index (χ1) is 11.3. The van der Waals surface area contributed by atoms with Crippen molar-refractivity contribution in [2.45, 2.75) is 68.3 Å². The predicted molar refractivity (Wildman–Crippen MR) is 101 cm³/mol. The minimum atomic E-state index is -4.01. The van der Waals surface area contributed by atoms with Crippen LogP contribution in [0.3, 0.4) is 0 Å². The van der Waals surface area contributed by atoms with Crippen LogP contribution < -0.4 is 10.6 Å². The quantitative estimate of drug-likeness (QED) is 0.459. The highest BCUT2D eigenvalue weighted by atomic mass is 33.1. The Labute approximate surface area is 150 Å². The van der Waals surface area contributed by atoms with E-state index in [9.17, 15) is 13.0 Å². The Hall–Kier alpha value is 0.140. The fourth-order valence-corrected chi connectivity index (χ4v) is 6.79. The number of hydrogen-bond acceptors (Lipinski definition) is 6. The molecule has 2 saturated carbocycles. The molecule has 0 aromatic heterocycles. The van der Waals surface area contributed by atoms with Gasteiger partial charge >= 0.3 is 9.15 Å². The van der Waals surface area contributed by atoms with Gasteiger partial charge in [0.25, 0.3) is 0 Å². The molecule has 0 aromatic carbocycles. The summed E-state index contributed by atoms with van der Waals surface area (Å²) in [4.78, 5) is 2.30. The first-order valence-electron chi connectivity index (χ1n) is 9.01. The zero-order chi connectivity index (χ0) is 17.7. The zero-order valence-electron chi connectivity index (χ0n) is 15.1. The van der Waals surface area contributed by atoms with Crippen LogP contribution in [0.5, 0.6) is 0 Å². The van der Waals surface area contributed by atoms with E-state index >= 15 is 0 Å². The van der Waals surface area contributed by atoms with Crippen molar-refractivity contribution < 1.29 is 13.0 Å². The van der Waals surface area contributed by atoms with Gasteiger partial charge in [-0.15, -0.1) is 0 Å². The van der Waals surface area contributed by atoms with Crippen molar-refractivity contribution in [3.63, 3.8) is 0 Å². The molecule has 0 aromatic rings. The van der Waals surface area contributed by atoms with Crippen LogP contribution in [-0.4, -0.2) is 68.9 Å². The fraction of sp³-hybridized carbons (Fsp3) is 1.00. The Balaban J connectivity index is 1.91. The van der Waals surface area contributed by atoms with Crippen molar-refractivity contribution in [3.8, 4) is 0 Å². The summed E-state index contributed by atoms with van der Waals surface area (Å²) in [6.45, 7) is 0.906. The van der Waals surface area contributed by atoms with Gasteiger partial charge in [-0.2, -0.15) is 8.42 Å². The van der Waals surface area contributed by atoms with Gasteiger partial charge in [-0.05, 0) is 78.6 Å². The van der Waals surface area contributed by atoms with Crippen molar-refractivity contribution in [2.24, 2.45) is 5.92 Å². The Morgan fingerprint density at radius 1 is 1.12 bits per heavy atom. The van der Waals surface area contributed by atoms with Crippen molar-refractivity contribution in [1.29, 1.82) is 0 Å². The van der Waals surface area contributed by atoms with Gasteiger partial charge in [-0.3, -0.25) is 4.55 Å². The molecule has 2 aliphatic carbocycles. The number of nitrogens with one attached hydrogen (secondary N) is 2. The molecule has 0 spiro atoms.